The van der Waals surface area contributed by atoms with Gasteiger partial charge in [-0.05, 0) is 37.8 Å². The van der Waals surface area contributed by atoms with Crippen molar-refractivity contribution in [3.8, 4) is 0 Å². The maximum Gasteiger partial charge on any atom is 2.00 e. The van der Waals surface area contributed by atoms with Crippen LogP contribution in [0.4, 0.5) is 0 Å². The maximum absolute atomic E-state index is 12.6. The largest absolute Gasteiger partial charge is 2.00 e. The summed E-state index contributed by atoms with van der Waals surface area (Å²) in [5.74, 6) is 0.0846. The fourth-order valence-corrected chi connectivity index (χ4v) is 2.79. The van der Waals surface area contributed by atoms with E-state index < -0.39 is 0 Å². The van der Waals surface area contributed by atoms with Gasteiger partial charge in [0.25, 0.3) is 0 Å². The van der Waals surface area contributed by atoms with Crippen molar-refractivity contribution in [2.45, 2.75) is 47.6 Å². The van der Waals surface area contributed by atoms with E-state index in [1.165, 1.54) is 0 Å². The van der Waals surface area contributed by atoms with E-state index in [-0.39, 0.29) is 50.8 Å². The van der Waals surface area contributed by atoms with Gasteiger partial charge < -0.3 is 24.9 Å². The summed E-state index contributed by atoms with van der Waals surface area (Å²) in [6.07, 6.45) is 7.53. The third-order valence-corrected chi connectivity index (χ3v) is 4.18. The van der Waals surface area contributed by atoms with Gasteiger partial charge in [0, 0.05) is 6.54 Å². The van der Waals surface area contributed by atoms with Gasteiger partial charge in [-0.25, -0.2) is 12.1 Å². The smallest absolute Gasteiger partial charge is 0.860 e. The molecule has 3 rings (SSSR count). The van der Waals surface area contributed by atoms with E-state index in [0.717, 1.165) is 11.1 Å². The van der Waals surface area contributed by atoms with Crippen LogP contribution in [0.25, 0.3) is 0 Å². The van der Waals surface area contributed by atoms with E-state index >= 15 is 0 Å². The Morgan fingerprint density at radius 3 is 1.77 bits per heavy atom. The average Bonchev–Trinajstić information content (AvgIpc) is 3.41. The minimum Gasteiger partial charge on any atom is -0.860 e. The first-order chi connectivity index (χ1) is 12.6. The molecule has 0 amide bonds. The Balaban J connectivity index is -0.000000267. The third kappa shape index (κ3) is 10.1. The quantitative estimate of drug-likeness (QED) is 0.287. The number of rotatable bonds is 4. The normalized spacial score (nSPS) is 10.4. The molecular weight excluding hydrogens is 410 g/mol. The Morgan fingerprint density at radius 2 is 1.40 bits per heavy atom. The molecule has 170 valence electrons. The van der Waals surface area contributed by atoms with E-state index in [0.29, 0.717) is 6.54 Å². The molecule has 0 fully saturated rings. The molecule has 2 nitrogen and oxygen atoms in total. The van der Waals surface area contributed by atoms with Gasteiger partial charge in [0.2, 0.25) is 0 Å². The summed E-state index contributed by atoms with van der Waals surface area (Å²) >= 11 is 0. The molecule has 0 aromatic heterocycles. The van der Waals surface area contributed by atoms with E-state index in [1.807, 2.05) is 98.5 Å². The molecule has 0 aliphatic heterocycles. The fourth-order valence-electron chi connectivity index (χ4n) is 2.79. The molecule has 1 aliphatic carbocycles. The molecule has 0 radical (unpaired) electrons. The van der Waals surface area contributed by atoms with Crippen LogP contribution in [0.5, 0.6) is 0 Å². The number of allylic oxidation sites excluding steroid dienone is 5. The van der Waals surface area contributed by atoms with Crippen LogP contribution < -0.4 is 5.11 Å². The van der Waals surface area contributed by atoms with E-state index in [2.05, 4.69) is 26.0 Å². The van der Waals surface area contributed by atoms with Crippen LogP contribution in [-0.2, 0) is 22.6 Å². The Morgan fingerprint density at radius 1 is 0.933 bits per heavy atom. The topological polar surface area (TPSA) is 26.3 Å². The predicted octanol–water partition coefficient (Wildman–Crippen LogP) is 6.91. The van der Waals surface area contributed by atoms with Gasteiger partial charge in [-0.15, -0.1) is 0 Å². The summed E-state index contributed by atoms with van der Waals surface area (Å²) in [6.45, 7) is 10.9. The maximum atomic E-state index is 12.6. The Kier molecular flexibility index (Phi) is 22.3. The minimum absolute atomic E-state index is 0. The van der Waals surface area contributed by atoms with Crippen LogP contribution in [0.2, 0.25) is 0 Å². The van der Waals surface area contributed by atoms with E-state index in [4.69, 9.17) is 0 Å². The second-order valence-corrected chi connectivity index (χ2v) is 6.11. The van der Waals surface area contributed by atoms with Gasteiger partial charge in [-0.1, -0.05) is 75.9 Å². The SMILES string of the molecule is C.CC.CCN(C([O-])=C1C=CC=C1)C(C)(C)c1ccccc1.[CH3-].[CH3-].[Fe+2].c1cc[cH-]c1. The summed E-state index contributed by atoms with van der Waals surface area (Å²) in [5, 5.41) is 12.6. The molecule has 0 heterocycles. The first-order valence-corrected chi connectivity index (χ1v) is 9.33. The number of hydrogen-bond donors (Lipinski definition) is 0. The Hall–Kier alpha value is -2.09. The van der Waals surface area contributed by atoms with Crippen LogP contribution in [0.3, 0.4) is 0 Å². The second kappa shape index (κ2) is 18.9. The zero-order valence-corrected chi connectivity index (χ0v) is 20.1. The van der Waals surface area contributed by atoms with Gasteiger partial charge in [0.1, 0.15) is 0 Å². The molecule has 0 N–H and O–H groups in total. The monoisotopic (exact) mass is 451 g/mol. The van der Waals surface area contributed by atoms with Gasteiger partial charge >= 0.3 is 17.1 Å². The number of nitrogens with zero attached hydrogens (tertiary/aromatic N) is 1. The molecule has 0 bridgehead atoms. The summed E-state index contributed by atoms with van der Waals surface area (Å²) in [4.78, 5) is 1.91. The van der Waals surface area contributed by atoms with Crippen LogP contribution in [0.15, 0.2) is 96.4 Å². The van der Waals surface area contributed by atoms with Gasteiger partial charge in [-0.3, -0.25) is 0 Å². The second-order valence-electron chi connectivity index (χ2n) is 6.11. The third-order valence-electron chi connectivity index (χ3n) is 4.18. The zero-order chi connectivity index (χ0) is 19.4. The van der Waals surface area contributed by atoms with Crippen molar-refractivity contribution < 1.29 is 22.2 Å². The predicted molar refractivity (Wildman–Crippen MR) is 130 cm³/mol. The molecule has 0 unspecified atom stereocenters. The van der Waals surface area contributed by atoms with Gasteiger partial charge in [-0.2, -0.15) is 18.2 Å². The Labute approximate surface area is 197 Å². The average molecular weight is 451 g/mol. The molecule has 1 aliphatic rings. The van der Waals surface area contributed by atoms with Crippen LogP contribution in [0, 0.1) is 14.9 Å². The molecule has 30 heavy (non-hydrogen) atoms. The molecular formula is C27H41FeNO-2. The fraction of sp³-hybridized carbons (Fsp3) is 0.296. The summed E-state index contributed by atoms with van der Waals surface area (Å²) in [7, 11) is 0. The van der Waals surface area contributed by atoms with E-state index in [1.54, 1.807) is 0 Å². The van der Waals surface area contributed by atoms with E-state index in [9.17, 15) is 5.11 Å². The minimum atomic E-state index is -0.315. The molecule has 0 atom stereocenters. The van der Waals surface area contributed by atoms with Crippen LogP contribution >= 0.6 is 0 Å². The van der Waals surface area contributed by atoms with Crippen molar-refractivity contribution in [3.05, 3.63) is 117 Å². The van der Waals surface area contributed by atoms with Crippen molar-refractivity contribution >= 4 is 0 Å². The molecule has 0 spiro atoms. The van der Waals surface area contributed by atoms with Crippen molar-refractivity contribution in [2.24, 2.45) is 0 Å². The number of benzene rings is 1. The van der Waals surface area contributed by atoms with Gasteiger partial charge in [0.05, 0.1) is 5.54 Å². The van der Waals surface area contributed by atoms with Crippen molar-refractivity contribution in [1.29, 1.82) is 0 Å². The molecule has 0 saturated carbocycles. The van der Waals surface area contributed by atoms with Crippen molar-refractivity contribution in [1.82, 2.24) is 4.90 Å². The molecule has 2 aromatic carbocycles. The summed E-state index contributed by atoms with van der Waals surface area (Å²) < 4.78 is 0. The van der Waals surface area contributed by atoms with Crippen molar-refractivity contribution in [2.75, 3.05) is 6.54 Å². The van der Waals surface area contributed by atoms with Crippen molar-refractivity contribution in [3.63, 3.8) is 0 Å². The molecule has 0 saturated heterocycles. The van der Waals surface area contributed by atoms with Gasteiger partial charge in [0.15, 0.2) is 0 Å². The zero-order valence-electron chi connectivity index (χ0n) is 19.0. The van der Waals surface area contributed by atoms with Crippen LogP contribution in [-0.4, -0.2) is 11.4 Å². The first kappa shape index (κ1) is 35.4. The Bertz CT molecular complexity index is 667. The number of hydrogen-bond acceptors (Lipinski definition) is 2. The molecule has 2 aromatic rings. The first-order valence-electron chi connectivity index (χ1n) is 9.33. The molecule has 3 heteroatoms. The van der Waals surface area contributed by atoms with Crippen LogP contribution in [0.1, 0.15) is 47.6 Å². The standard InChI is InChI=1S/C17H21NO.C5H5.C2H6.CH4.2CH3.Fe/c1-4-18(16(19)14-10-8-9-11-14)17(2,3)15-12-6-5-7-13-15;1-2-4-5-3-1;1-2;;;;/h5-13,19H,4H2,1-3H3;1-5H;1-2H3;1H4;2*1H3;/q;-1;;;2*-1;+2/p-1. The summed E-state index contributed by atoms with van der Waals surface area (Å²) in [6, 6.07) is 20.2. The summed E-state index contributed by atoms with van der Waals surface area (Å²) in [5.41, 5.74) is 1.59.